The van der Waals surface area contributed by atoms with Crippen molar-refractivity contribution in [1.82, 2.24) is 20.3 Å². The Bertz CT molecular complexity index is 785. The lowest BCUT2D eigenvalue weighted by Crippen LogP contribution is -2.52. The van der Waals surface area contributed by atoms with Gasteiger partial charge in [-0.2, -0.15) is 0 Å². The molecule has 10 heteroatoms. The van der Waals surface area contributed by atoms with Gasteiger partial charge in [0, 0.05) is 24.4 Å². The van der Waals surface area contributed by atoms with Crippen LogP contribution in [-0.4, -0.2) is 58.1 Å². The largest absolute Gasteiger partial charge is 0.394 e. The number of nitrogens with one attached hydrogen (secondary N) is 2. The number of nitrogens with zero attached hydrogens (tertiary/aromatic N) is 3. The van der Waals surface area contributed by atoms with E-state index >= 15 is 0 Å². The summed E-state index contributed by atoms with van der Waals surface area (Å²) in [4.78, 5) is 12.3. The SMILES string of the molecule is COCc1cn(CC[C@H]2CC[C@@H](NC(=O)Nc3ccc(Cl)cc3)[C@H](CO)O2)nn1. The van der Waals surface area contributed by atoms with Crippen LogP contribution < -0.4 is 10.6 Å². The summed E-state index contributed by atoms with van der Waals surface area (Å²) in [5, 5.41) is 24.0. The average molecular weight is 424 g/mol. The van der Waals surface area contributed by atoms with Crippen molar-refractivity contribution in [3.63, 3.8) is 0 Å². The number of aliphatic hydroxyl groups excluding tert-OH is 1. The van der Waals surface area contributed by atoms with Crippen LogP contribution in [0.15, 0.2) is 30.5 Å². The number of aliphatic hydroxyl groups is 1. The summed E-state index contributed by atoms with van der Waals surface area (Å²) in [7, 11) is 1.62. The van der Waals surface area contributed by atoms with Gasteiger partial charge in [0.2, 0.25) is 0 Å². The van der Waals surface area contributed by atoms with E-state index in [2.05, 4.69) is 20.9 Å². The maximum Gasteiger partial charge on any atom is 0.319 e. The van der Waals surface area contributed by atoms with Crippen LogP contribution >= 0.6 is 11.6 Å². The Morgan fingerprint density at radius 1 is 1.38 bits per heavy atom. The minimum Gasteiger partial charge on any atom is -0.394 e. The van der Waals surface area contributed by atoms with Crippen LogP contribution in [0.3, 0.4) is 0 Å². The Morgan fingerprint density at radius 3 is 2.90 bits per heavy atom. The molecule has 3 atom stereocenters. The van der Waals surface area contributed by atoms with E-state index in [1.54, 1.807) is 36.1 Å². The minimum absolute atomic E-state index is 0.0143. The molecular formula is C19H26ClN5O4. The molecule has 2 aromatic rings. The van der Waals surface area contributed by atoms with E-state index in [1.165, 1.54) is 0 Å². The number of rotatable bonds is 8. The molecule has 1 aromatic heterocycles. The van der Waals surface area contributed by atoms with E-state index in [-0.39, 0.29) is 24.8 Å². The molecule has 0 unspecified atom stereocenters. The monoisotopic (exact) mass is 423 g/mol. The first-order valence-corrected chi connectivity index (χ1v) is 9.92. The third kappa shape index (κ3) is 6.40. The molecule has 9 nitrogen and oxygen atoms in total. The van der Waals surface area contributed by atoms with Gasteiger partial charge in [0.1, 0.15) is 11.8 Å². The van der Waals surface area contributed by atoms with Crippen LogP contribution in [0.5, 0.6) is 0 Å². The molecule has 0 aliphatic carbocycles. The number of benzene rings is 1. The van der Waals surface area contributed by atoms with Crippen LogP contribution in [0.2, 0.25) is 5.02 Å². The van der Waals surface area contributed by atoms with Gasteiger partial charge in [-0.1, -0.05) is 16.8 Å². The topological polar surface area (TPSA) is 111 Å². The van der Waals surface area contributed by atoms with Crippen molar-refractivity contribution in [2.75, 3.05) is 19.0 Å². The average Bonchev–Trinajstić information content (AvgIpc) is 3.16. The van der Waals surface area contributed by atoms with Crippen molar-refractivity contribution < 1.29 is 19.4 Å². The highest BCUT2D eigenvalue weighted by molar-refractivity contribution is 6.30. The molecule has 29 heavy (non-hydrogen) atoms. The molecule has 1 saturated heterocycles. The van der Waals surface area contributed by atoms with Gasteiger partial charge >= 0.3 is 6.03 Å². The Labute approximate surface area is 174 Å². The van der Waals surface area contributed by atoms with Gasteiger partial charge in [0.05, 0.1) is 31.6 Å². The quantitative estimate of drug-likeness (QED) is 0.600. The van der Waals surface area contributed by atoms with Gasteiger partial charge in [0.15, 0.2) is 0 Å². The molecule has 1 aliphatic heterocycles. The van der Waals surface area contributed by atoms with E-state index in [0.29, 0.717) is 23.9 Å². The van der Waals surface area contributed by atoms with Gasteiger partial charge < -0.3 is 25.2 Å². The lowest BCUT2D eigenvalue weighted by Gasteiger charge is -2.36. The van der Waals surface area contributed by atoms with Crippen LogP contribution in [0.4, 0.5) is 10.5 Å². The second-order valence-electron chi connectivity index (χ2n) is 6.96. The van der Waals surface area contributed by atoms with Gasteiger partial charge in [0.25, 0.3) is 0 Å². The summed E-state index contributed by atoms with van der Waals surface area (Å²) < 4.78 is 12.8. The fraction of sp³-hybridized carbons (Fsp3) is 0.526. The van der Waals surface area contributed by atoms with E-state index in [4.69, 9.17) is 21.1 Å². The van der Waals surface area contributed by atoms with Crippen molar-refractivity contribution in [3.8, 4) is 0 Å². The Balaban J connectivity index is 1.45. The lowest BCUT2D eigenvalue weighted by molar-refractivity contribution is -0.0905. The van der Waals surface area contributed by atoms with Crippen LogP contribution in [-0.2, 0) is 22.6 Å². The van der Waals surface area contributed by atoms with E-state index in [9.17, 15) is 9.90 Å². The smallest absolute Gasteiger partial charge is 0.319 e. The number of amides is 2. The Kier molecular flexibility index (Phi) is 7.82. The number of halogens is 1. The summed E-state index contributed by atoms with van der Waals surface area (Å²) >= 11 is 5.85. The van der Waals surface area contributed by atoms with Gasteiger partial charge in [-0.25, -0.2) is 4.79 Å². The number of aromatic nitrogens is 3. The molecule has 1 fully saturated rings. The molecule has 2 amide bonds. The highest BCUT2D eigenvalue weighted by Crippen LogP contribution is 2.22. The molecule has 3 rings (SSSR count). The molecule has 1 aromatic carbocycles. The summed E-state index contributed by atoms with van der Waals surface area (Å²) in [5.41, 5.74) is 1.42. The normalized spacial score (nSPS) is 21.7. The van der Waals surface area contributed by atoms with Crippen molar-refractivity contribution in [2.24, 2.45) is 0 Å². The van der Waals surface area contributed by atoms with Crippen molar-refractivity contribution in [1.29, 1.82) is 0 Å². The molecule has 2 heterocycles. The molecule has 1 aliphatic rings. The standard InChI is InChI=1S/C19H26ClN5O4/c1-28-12-15-10-25(24-23-15)9-8-16-6-7-17(18(11-26)29-16)22-19(27)21-14-4-2-13(20)3-5-14/h2-5,10,16-18,26H,6-9,11-12H2,1H3,(H2,21,22,27)/t16-,17-,18+/m1/s1. The van der Waals surface area contributed by atoms with Gasteiger partial charge in [-0.15, -0.1) is 5.10 Å². The summed E-state index contributed by atoms with van der Waals surface area (Å²) in [5.74, 6) is 0. The number of carbonyl (C=O) groups excluding carboxylic acids is 1. The maximum atomic E-state index is 12.3. The third-order valence-electron chi connectivity index (χ3n) is 4.77. The maximum absolute atomic E-state index is 12.3. The fourth-order valence-corrected chi connectivity index (χ4v) is 3.44. The first-order valence-electron chi connectivity index (χ1n) is 9.54. The number of aryl methyl sites for hydroxylation is 1. The summed E-state index contributed by atoms with van der Waals surface area (Å²) in [6.07, 6.45) is 3.62. The van der Waals surface area contributed by atoms with Gasteiger partial charge in [-0.05, 0) is 43.5 Å². The minimum atomic E-state index is -0.454. The molecular weight excluding hydrogens is 398 g/mol. The zero-order chi connectivity index (χ0) is 20.6. The first-order chi connectivity index (χ1) is 14.1. The van der Waals surface area contributed by atoms with E-state index < -0.39 is 6.10 Å². The third-order valence-corrected chi connectivity index (χ3v) is 5.02. The number of anilines is 1. The molecule has 0 spiro atoms. The predicted octanol–water partition coefficient (Wildman–Crippen LogP) is 2.20. The number of carbonyl (C=O) groups is 1. The highest BCUT2D eigenvalue weighted by atomic mass is 35.5. The van der Waals surface area contributed by atoms with Crippen LogP contribution in [0.25, 0.3) is 0 Å². The zero-order valence-electron chi connectivity index (χ0n) is 16.3. The molecule has 0 radical (unpaired) electrons. The Morgan fingerprint density at radius 2 is 2.17 bits per heavy atom. The summed E-state index contributed by atoms with van der Waals surface area (Å²) in [6, 6.07) is 6.25. The Hall–Kier alpha value is -2.20. The molecule has 3 N–H and O–H groups in total. The zero-order valence-corrected chi connectivity index (χ0v) is 17.0. The molecule has 0 saturated carbocycles. The molecule has 0 bridgehead atoms. The second-order valence-corrected chi connectivity index (χ2v) is 7.40. The number of methoxy groups -OCH3 is 1. The first kappa shape index (κ1) is 21.5. The van der Waals surface area contributed by atoms with Crippen LogP contribution in [0, 0.1) is 0 Å². The summed E-state index contributed by atoms with van der Waals surface area (Å²) in [6.45, 7) is 0.927. The number of ether oxygens (including phenoxy) is 2. The van der Waals surface area contributed by atoms with Crippen molar-refractivity contribution >= 4 is 23.3 Å². The number of urea groups is 1. The predicted molar refractivity (Wildman–Crippen MR) is 108 cm³/mol. The molecule has 158 valence electrons. The van der Waals surface area contributed by atoms with Crippen LogP contribution in [0.1, 0.15) is 25.0 Å². The lowest BCUT2D eigenvalue weighted by atomic mass is 9.97. The highest BCUT2D eigenvalue weighted by Gasteiger charge is 2.31. The fourth-order valence-electron chi connectivity index (χ4n) is 3.32. The van der Waals surface area contributed by atoms with E-state index in [1.807, 2.05) is 6.20 Å². The number of hydrogen-bond donors (Lipinski definition) is 3. The van der Waals surface area contributed by atoms with Gasteiger partial charge in [-0.3, -0.25) is 4.68 Å². The van der Waals surface area contributed by atoms with Crippen molar-refractivity contribution in [2.45, 2.75) is 50.7 Å². The van der Waals surface area contributed by atoms with Crippen molar-refractivity contribution in [3.05, 3.63) is 41.2 Å². The van der Waals surface area contributed by atoms with E-state index in [0.717, 1.165) is 25.0 Å². The second kappa shape index (κ2) is 10.5. The number of hydrogen-bond acceptors (Lipinski definition) is 6.